The molecule has 1 aliphatic heterocycles. The van der Waals surface area contributed by atoms with E-state index in [9.17, 15) is 15.2 Å². The zero-order valence-electron chi connectivity index (χ0n) is 18.9. The van der Waals surface area contributed by atoms with Crippen molar-refractivity contribution in [1.29, 1.82) is 0 Å². The molecule has 0 radical (unpaired) electrons. The second-order valence-corrected chi connectivity index (χ2v) is 8.87. The Bertz CT molecular complexity index is 1590. The van der Waals surface area contributed by atoms with Gasteiger partial charge in [0.1, 0.15) is 17.1 Å². The minimum Gasteiger partial charge on any atom is -0.508 e. The molecule has 6 rings (SSSR count). The van der Waals surface area contributed by atoms with Crippen molar-refractivity contribution in [3.8, 4) is 28.3 Å². The monoisotopic (exact) mass is 465 g/mol. The van der Waals surface area contributed by atoms with E-state index in [1.165, 1.54) is 23.6 Å². The summed E-state index contributed by atoms with van der Waals surface area (Å²) in [7, 11) is 0. The highest BCUT2D eigenvalue weighted by atomic mass is 16.6. The quantitative estimate of drug-likeness (QED) is 0.270. The molecule has 174 valence electrons. The SMILES string of the molecule is O=[N+]([O-])c1ccc(O)cc1-c1nc2cc(-c3ccc4ccccc4c3)cnc2n1C1CCNCC1. The Morgan fingerprint density at radius 3 is 2.57 bits per heavy atom. The summed E-state index contributed by atoms with van der Waals surface area (Å²) in [5, 5.41) is 27.6. The summed E-state index contributed by atoms with van der Waals surface area (Å²) in [5.74, 6) is 0.414. The van der Waals surface area contributed by atoms with Crippen molar-refractivity contribution in [2.45, 2.75) is 18.9 Å². The van der Waals surface area contributed by atoms with E-state index in [0.717, 1.165) is 42.4 Å². The zero-order valence-corrected chi connectivity index (χ0v) is 18.9. The number of rotatable bonds is 4. The van der Waals surface area contributed by atoms with Gasteiger partial charge in [-0.15, -0.1) is 0 Å². The van der Waals surface area contributed by atoms with Crippen molar-refractivity contribution in [1.82, 2.24) is 19.9 Å². The van der Waals surface area contributed by atoms with Gasteiger partial charge in [0.05, 0.1) is 10.5 Å². The van der Waals surface area contributed by atoms with Crippen molar-refractivity contribution in [2.75, 3.05) is 13.1 Å². The lowest BCUT2D eigenvalue weighted by Crippen LogP contribution is -2.29. The van der Waals surface area contributed by atoms with E-state index in [2.05, 4.69) is 35.6 Å². The minimum atomic E-state index is -0.436. The van der Waals surface area contributed by atoms with Gasteiger partial charge in [0, 0.05) is 23.9 Å². The molecule has 0 aliphatic carbocycles. The number of imidazole rings is 1. The van der Waals surface area contributed by atoms with Gasteiger partial charge in [-0.2, -0.15) is 0 Å². The lowest BCUT2D eigenvalue weighted by molar-refractivity contribution is -0.384. The lowest BCUT2D eigenvalue weighted by Gasteiger charge is -2.26. The van der Waals surface area contributed by atoms with E-state index < -0.39 is 4.92 Å². The second kappa shape index (κ2) is 8.48. The van der Waals surface area contributed by atoms with E-state index in [0.29, 0.717) is 22.6 Å². The summed E-state index contributed by atoms with van der Waals surface area (Å²) in [6.07, 6.45) is 3.56. The minimum absolute atomic E-state index is 0.0423. The average Bonchev–Trinajstić information content (AvgIpc) is 3.27. The number of pyridine rings is 1. The number of hydrogen-bond acceptors (Lipinski definition) is 6. The largest absolute Gasteiger partial charge is 0.508 e. The van der Waals surface area contributed by atoms with Gasteiger partial charge in [-0.3, -0.25) is 10.1 Å². The van der Waals surface area contributed by atoms with Crippen LogP contribution >= 0.6 is 0 Å². The predicted octanol–water partition coefficient (Wildman–Crippen LogP) is 5.46. The molecule has 8 heteroatoms. The Morgan fingerprint density at radius 2 is 1.77 bits per heavy atom. The molecule has 0 amide bonds. The third-order valence-corrected chi connectivity index (χ3v) is 6.70. The first-order chi connectivity index (χ1) is 17.1. The number of nitrogens with one attached hydrogen (secondary N) is 1. The van der Waals surface area contributed by atoms with Crippen molar-refractivity contribution in [3.63, 3.8) is 0 Å². The fraction of sp³-hybridized carbons (Fsp3) is 0.185. The molecule has 8 nitrogen and oxygen atoms in total. The molecule has 1 aliphatic rings. The molecule has 3 heterocycles. The number of nitrogens with zero attached hydrogens (tertiary/aromatic N) is 4. The summed E-state index contributed by atoms with van der Waals surface area (Å²) in [4.78, 5) is 21.0. The Morgan fingerprint density at radius 1 is 0.971 bits per heavy atom. The average molecular weight is 466 g/mol. The summed E-state index contributed by atoms with van der Waals surface area (Å²) >= 11 is 0. The fourth-order valence-electron chi connectivity index (χ4n) is 4.97. The van der Waals surface area contributed by atoms with Crippen LogP contribution in [-0.2, 0) is 0 Å². The maximum absolute atomic E-state index is 11.8. The molecule has 0 atom stereocenters. The Kier molecular flexibility index (Phi) is 5.15. The topological polar surface area (TPSA) is 106 Å². The summed E-state index contributed by atoms with van der Waals surface area (Å²) in [5.41, 5.74) is 3.51. The molecule has 0 saturated carbocycles. The van der Waals surface area contributed by atoms with E-state index in [4.69, 9.17) is 9.97 Å². The Hall–Kier alpha value is -4.30. The first-order valence-electron chi connectivity index (χ1n) is 11.6. The van der Waals surface area contributed by atoms with Crippen LogP contribution < -0.4 is 5.32 Å². The number of hydrogen-bond donors (Lipinski definition) is 2. The van der Waals surface area contributed by atoms with Crippen LogP contribution in [0.5, 0.6) is 5.75 Å². The number of piperidine rings is 1. The van der Waals surface area contributed by atoms with Gasteiger partial charge < -0.3 is 15.0 Å². The van der Waals surface area contributed by atoms with E-state index in [1.54, 1.807) is 0 Å². The number of aromatic nitrogens is 3. The van der Waals surface area contributed by atoms with Crippen LogP contribution in [0.3, 0.4) is 0 Å². The van der Waals surface area contributed by atoms with Crippen LogP contribution in [-0.4, -0.2) is 37.7 Å². The number of phenols is 1. The van der Waals surface area contributed by atoms with Gasteiger partial charge in [-0.1, -0.05) is 36.4 Å². The number of benzene rings is 3. The molecule has 1 saturated heterocycles. The lowest BCUT2D eigenvalue weighted by atomic mass is 10.0. The molecule has 2 N–H and O–H groups in total. The van der Waals surface area contributed by atoms with Crippen molar-refractivity contribution in [2.24, 2.45) is 0 Å². The molecular weight excluding hydrogens is 442 g/mol. The van der Waals surface area contributed by atoms with Crippen LogP contribution in [0.1, 0.15) is 18.9 Å². The highest BCUT2D eigenvalue weighted by molar-refractivity contribution is 5.89. The molecule has 3 aromatic carbocycles. The van der Waals surface area contributed by atoms with Gasteiger partial charge >= 0.3 is 0 Å². The smallest absolute Gasteiger partial charge is 0.280 e. The Balaban J connectivity index is 1.55. The van der Waals surface area contributed by atoms with Gasteiger partial charge in [0.2, 0.25) is 0 Å². The van der Waals surface area contributed by atoms with Crippen LogP contribution in [0.2, 0.25) is 0 Å². The molecule has 2 aromatic heterocycles. The summed E-state index contributed by atoms with van der Waals surface area (Å²) in [6, 6.07) is 20.6. The number of nitro groups is 1. The molecule has 5 aromatic rings. The van der Waals surface area contributed by atoms with E-state index in [-0.39, 0.29) is 17.5 Å². The molecular formula is C27H23N5O3. The van der Waals surface area contributed by atoms with Crippen molar-refractivity contribution >= 4 is 27.6 Å². The van der Waals surface area contributed by atoms with Gasteiger partial charge in [-0.25, -0.2) is 9.97 Å². The molecule has 35 heavy (non-hydrogen) atoms. The molecule has 0 spiro atoms. The van der Waals surface area contributed by atoms with Gasteiger partial charge in [0.15, 0.2) is 5.65 Å². The predicted molar refractivity (Wildman–Crippen MR) is 135 cm³/mol. The third-order valence-electron chi connectivity index (χ3n) is 6.70. The van der Waals surface area contributed by atoms with Crippen LogP contribution in [0.15, 0.2) is 72.9 Å². The normalized spacial score (nSPS) is 14.5. The first-order valence-corrected chi connectivity index (χ1v) is 11.6. The third kappa shape index (κ3) is 3.77. The van der Waals surface area contributed by atoms with Crippen LogP contribution in [0.4, 0.5) is 5.69 Å². The fourth-order valence-corrected chi connectivity index (χ4v) is 4.97. The zero-order chi connectivity index (χ0) is 23.9. The summed E-state index contributed by atoms with van der Waals surface area (Å²) in [6.45, 7) is 1.70. The van der Waals surface area contributed by atoms with E-state index >= 15 is 0 Å². The molecule has 0 unspecified atom stereocenters. The second-order valence-electron chi connectivity index (χ2n) is 8.87. The van der Waals surface area contributed by atoms with Crippen LogP contribution in [0.25, 0.3) is 44.5 Å². The summed E-state index contributed by atoms with van der Waals surface area (Å²) < 4.78 is 2.02. The number of fused-ring (bicyclic) bond motifs is 2. The van der Waals surface area contributed by atoms with Crippen LogP contribution in [0, 0.1) is 10.1 Å². The number of aromatic hydroxyl groups is 1. The standard InChI is InChI=1S/C27H23N5O3/c33-22-7-8-25(32(34)35)23(15-22)26-30-24-14-20(19-6-5-17-3-1-2-4-18(17)13-19)16-29-27(24)31(26)21-9-11-28-12-10-21/h1-8,13-16,21,28,33H,9-12H2. The molecule has 0 bridgehead atoms. The Labute approximate surface area is 201 Å². The number of phenolic OH excluding ortho intramolecular Hbond substituents is 1. The highest BCUT2D eigenvalue weighted by Crippen LogP contribution is 2.38. The van der Waals surface area contributed by atoms with Crippen molar-refractivity contribution < 1.29 is 10.0 Å². The molecule has 1 fully saturated rings. The van der Waals surface area contributed by atoms with Crippen molar-refractivity contribution in [3.05, 3.63) is 83.0 Å². The maximum atomic E-state index is 11.8. The highest BCUT2D eigenvalue weighted by Gasteiger charge is 2.27. The van der Waals surface area contributed by atoms with Gasteiger partial charge in [-0.05, 0) is 66.5 Å². The van der Waals surface area contributed by atoms with E-state index in [1.807, 2.05) is 29.0 Å². The first kappa shape index (κ1) is 21.2. The van der Waals surface area contributed by atoms with Gasteiger partial charge in [0.25, 0.3) is 5.69 Å². The maximum Gasteiger partial charge on any atom is 0.280 e. The number of nitro benzene ring substituents is 1.